The molecule has 1 amide bonds. The van der Waals surface area contributed by atoms with Gasteiger partial charge in [0.05, 0.1) is 17.2 Å². The molecule has 3 rings (SSSR count). The lowest BCUT2D eigenvalue weighted by molar-refractivity contribution is 0.0566. The topological polar surface area (TPSA) is 55.6 Å². The highest BCUT2D eigenvalue weighted by Gasteiger charge is 2.25. The zero-order valence-corrected chi connectivity index (χ0v) is 12.6. The van der Waals surface area contributed by atoms with Crippen molar-refractivity contribution in [2.24, 2.45) is 0 Å². The molecule has 0 aliphatic carbocycles. The van der Waals surface area contributed by atoms with Gasteiger partial charge in [0.15, 0.2) is 0 Å². The molecule has 1 saturated heterocycles. The number of benzene rings is 1. The lowest BCUT2D eigenvalue weighted by Crippen LogP contribution is -2.35. The second kappa shape index (κ2) is 5.61. The Bertz CT molecular complexity index is 686. The summed E-state index contributed by atoms with van der Waals surface area (Å²) in [6.07, 6.45) is 0.804. The van der Waals surface area contributed by atoms with Gasteiger partial charge in [0.1, 0.15) is 10.7 Å². The van der Waals surface area contributed by atoms with Crippen molar-refractivity contribution in [3.63, 3.8) is 0 Å². The SMILES string of the molecule is CC1CN(C(=O)c2sc3cccc(F)c3c2N)CCCO1. The zero-order chi connectivity index (χ0) is 15.0. The van der Waals surface area contributed by atoms with Gasteiger partial charge in [-0.05, 0) is 25.5 Å². The number of hydrogen-bond acceptors (Lipinski definition) is 4. The van der Waals surface area contributed by atoms with Crippen LogP contribution >= 0.6 is 11.3 Å². The highest BCUT2D eigenvalue weighted by Crippen LogP contribution is 2.36. The minimum absolute atomic E-state index is 0.00351. The van der Waals surface area contributed by atoms with E-state index in [1.54, 1.807) is 17.0 Å². The number of nitrogens with two attached hydrogens (primary N) is 1. The molecule has 0 bridgehead atoms. The molecule has 4 nitrogen and oxygen atoms in total. The van der Waals surface area contributed by atoms with Gasteiger partial charge < -0.3 is 15.4 Å². The molecule has 6 heteroatoms. The van der Waals surface area contributed by atoms with Crippen molar-refractivity contribution in [2.45, 2.75) is 19.4 Å². The Morgan fingerprint density at radius 3 is 3.10 bits per heavy atom. The molecule has 0 saturated carbocycles. The lowest BCUT2D eigenvalue weighted by atomic mass is 10.2. The Hall–Kier alpha value is -1.66. The summed E-state index contributed by atoms with van der Waals surface area (Å²) >= 11 is 1.25. The second-order valence-electron chi connectivity index (χ2n) is 5.24. The average molecular weight is 308 g/mol. The minimum Gasteiger partial charge on any atom is -0.397 e. The number of thiophene rings is 1. The maximum atomic E-state index is 13.9. The number of hydrogen-bond donors (Lipinski definition) is 1. The van der Waals surface area contributed by atoms with Gasteiger partial charge in [-0.2, -0.15) is 0 Å². The van der Waals surface area contributed by atoms with E-state index >= 15 is 0 Å². The molecule has 0 spiro atoms. The summed E-state index contributed by atoms with van der Waals surface area (Å²) in [6.45, 7) is 3.77. The first kappa shape index (κ1) is 14.3. The van der Waals surface area contributed by atoms with E-state index in [-0.39, 0.29) is 23.5 Å². The number of anilines is 1. The smallest absolute Gasteiger partial charge is 0.266 e. The molecule has 1 atom stereocenters. The Morgan fingerprint density at radius 2 is 2.33 bits per heavy atom. The van der Waals surface area contributed by atoms with E-state index < -0.39 is 0 Å². The maximum Gasteiger partial charge on any atom is 0.266 e. The summed E-state index contributed by atoms with van der Waals surface area (Å²) in [5, 5.41) is 0.352. The number of fused-ring (bicyclic) bond motifs is 1. The van der Waals surface area contributed by atoms with Crippen LogP contribution < -0.4 is 5.73 Å². The second-order valence-corrected chi connectivity index (χ2v) is 6.30. The van der Waals surface area contributed by atoms with Crippen LogP contribution in [0.5, 0.6) is 0 Å². The van der Waals surface area contributed by atoms with Gasteiger partial charge in [0.25, 0.3) is 5.91 Å². The van der Waals surface area contributed by atoms with E-state index in [1.807, 2.05) is 6.92 Å². The Morgan fingerprint density at radius 1 is 1.52 bits per heavy atom. The fourth-order valence-electron chi connectivity index (χ4n) is 2.61. The highest BCUT2D eigenvalue weighted by molar-refractivity contribution is 7.21. The van der Waals surface area contributed by atoms with Crippen LogP contribution in [-0.2, 0) is 4.74 Å². The molecule has 2 aromatic rings. The zero-order valence-electron chi connectivity index (χ0n) is 11.8. The standard InChI is InChI=1S/C15H17FN2O2S/c1-9-8-18(6-3-7-20-9)15(19)14-13(17)12-10(16)4-2-5-11(12)21-14/h2,4-5,9H,3,6-8,17H2,1H3. The molecule has 0 radical (unpaired) electrons. The number of nitrogens with zero attached hydrogens (tertiary/aromatic N) is 1. The Kier molecular flexibility index (Phi) is 3.82. The Labute approximate surface area is 126 Å². The third-order valence-electron chi connectivity index (χ3n) is 3.64. The number of carbonyl (C=O) groups is 1. The molecule has 2 N–H and O–H groups in total. The number of halogens is 1. The molecular weight excluding hydrogens is 291 g/mol. The molecule has 1 aliphatic heterocycles. The van der Waals surface area contributed by atoms with Crippen molar-refractivity contribution in [1.82, 2.24) is 4.90 Å². The van der Waals surface area contributed by atoms with Crippen LogP contribution in [-0.4, -0.2) is 36.6 Å². The first-order valence-corrected chi connectivity index (χ1v) is 7.77. The van der Waals surface area contributed by atoms with Crippen LogP contribution in [0.15, 0.2) is 18.2 Å². The van der Waals surface area contributed by atoms with Gasteiger partial charge in [-0.15, -0.1) is 11.3 Å². The van der Waals surface area contributed by atoms with Crippen LogP contribution in [0.25, 0.3) is 10.1 Å². The number of amides is 1. The molecule has 112 valence electrons. The molecular formula is C15H17FN2O2S. The highest BCUT2D eigenvalue weighted by atomic mass is 32.1. The van der Waals surface area contributed by atoms with E-state index in [2.05, 4.69) is 0 Å². The quantitative estimate of drug-likeness (QED) is 0.881. The van der Waals surface area contributed by atoms with Crippen molar-refractivity contribution in [3.8, 4) is 0 Å². The maximum absolute atomic E-state index is 13.9. The van der Waals surface area contributed by atoms with E-state index in [1.165, 1.54) is 17.4 Å². The summed E-state index contributed by atoms with van der Waals surface area (Å²) in [7, 11) is 0. The summed E-state index contributed by atoms with van der Waals surface area (Å²) in [6, 6.07) is 4.77. The molecule has 1 fully saturated rings. The van der Waals surface area contributed by atoms with Crippen molar-refractivity contribution in [3.05, 3.63) is 28.9 Å². The molecule has 1 aromatic carbocycles. The fourth-order valence-corrected chi connectivity index (χ4v) is 3.71. The van der Waals surface area contributed by atoms with Crippen molar-refractivity contribution in [1.29, 1.82) is 0 Å². The predicted octanol–water partition coefficient (Wildman–Crippen LogP) is 2.87. The van der Waals surface area contributed by atoms with Gasteiger partial charge in [0, 0.05) is 24.4 Å². The fraction of sp³-hybridized carbons (Fsp3) is 0.400. The molecule has 1 aliphatic rings. The van der Waals surface area contributed by atoms with Gasteiger partial charge in [-0.1, -0.05) is 6.07 Å². The van der Waals surface area contributed by atoms with Crippen LogP contribution in [0.4, 0.5) is 10.1 Å². The molecule has 1 unspecified atom stereocenters. The molecule has 21 heavy (non-hydrogen) atoms. The number of ether oxygens (including phenoxy) is 1. The van der Waals surface area contributed by atoms with Crippen LogP contribution in [0, 0.1) is 5.82 Å². The van der Waals surface area contributed by atoms with E-state index in [0.717, 1.165) is 6.42 Å². The van der Waals surface area contributed by atoms with E-state index in [9.17, 15) is 9.18 Å². The predicted molar refractivity (Wildman–Crippen MR) is 82.1 cm³/mol. The van der Waals surface area contributed by atoms with E-state index in [4.69, 9.17) is 10.5 Å². The van der Waals surface area contributed by atoms with Gasteiger partial charge in [-0.3, -0.25) is 4.79 Å². The minimum atomic E-state index is -0.382. The normalized spacial score (nSPS) is 19.7. The summed E-state index contributed by atoms with van der Waals surface area (Å²) in [4.78, 5) is 14.8. The molecule has 1 aromatic heterocycles. The third-order valence-corrected chi connectivity index (χ3v) is 4.79. The van der Waals surface area contributed by atoms with Crippen molar-refractivity contribution < 1.29 is 13.9 Å². The van der Waals surface area contributed by atoms with Crippen molar-refractivity contribution in [2.75, 3.05) is 25.4 Å². The van der Waals surface area contributed by atoms with Crippen LogP contribution in [0.1, 0.15) is 23.0 Å². The average Bonchev–Trinajstić information content (AvgIpc) is 2.65. The first-order valence-electron chi connectivity index (χ1n) is 6.95. The largest absolute Gasteiger partial charge is 0.397 e. The Balaban J connectivity index is 1.98. The first-order chi connectivity index (χ1) is 10.1. The van der Waals surface area contributed by atoms with Crippen LogP contribution in [0.2, 0.25) is 0 Å². The van der Waals surface area contributed by atoms with Gasteiger partial charge in [0.2, 0.25) is 0 Å². The number of rotatable bonds is 1. The monoisotopic (exact) mass is 308 g/mol. The summed E-state index contributed by atoms with van der Waals surface area (Å²) in [5.74, 6) is -0.515. The van der Waals surface area contributed by atoms with E-state index in [0.29, 0.717) is 34.7 Å². The number of nitrogen functional groups attached to an aromatic ring is 1. The summed E-state index contributed by atoms with van der Waals surface area (Å²) in [5.41, 5.74) is 6.26. The summed E-state index contributed by atoms with van der Waals surface area (Å²) < 4.78 is 20.1. The van der Waals surface area contributed by atoms with Crippen molar-refractivity contribution >= 4 is 33.0 Å². The molecule has 2 heterocycles. The lowest BCUT2D eigenvalue weighted by Gasteiger charge is -2.21. The van der Waals surface area contributed by atoms with Gasteiger partial charge >= 0.3 is 0 Å². The van der Waals surface area contributed by atoms with Crippen LogP contribution in [0.3, 0.4) is 0 Å². The van der Waals surface area contributed by atoms with Gasteiger partial charge in [-0.25, -0.2) is 4.39 Å². The number of carbonyl (C=O) groups excluding carboxylic acids is 1. The third kappa shape index (κ3) is 2.61.